The van der Waals surface area contributed by atoms with Crippen LogP contribution in [0.1, 0.15) is 165 Å². The first kappa shape index (κ1) is 46.7. The van der Waals surface area contributed by atoms with Gasteiger partial charge in [-0.05, 0) is 155 Å². The molecule has 18 rings (SSSR count). The molecule has 3 fully saturated rings. The molecule has 0 radical (unpaired) electrons. The normalized spacial score (nSPS) is 29.4. The Hall–Kier alpha value is -6.99. The van der Waals surface area contributed by atoms with E-state index in [1.54, 1.807) is 17.5 Å². The minimum absolute atomic E-state index is 0.0217. The van der Waals surface area contributed by atoms with Gasteiger partial charge in [0.1, 0.15) is 5.69 Å². The van der Waals surface area contributed by atoms with Gasteiger partial charge in [0.05, 0.1) is 63.7 Å². The fourth-order valence-corrected chi connectivity index (χ4v) is 19.1. The van der Waals surface area contributed by atoms with Gasteiger partial charge in [-0.3, -0.25) is 24.1 Å². The molecule has 9 aromatic rings. The third-order valence-electron chi connectivity index (χ3n) is 22.6. The van der Waals surface area contributed by atoms with Crippen molar-refractivity contribution in [2.24, 2.45) is 23.3 Å². The molecule has 0 saturated carbocycles. The van der Waals surface area contributed by atoms with Crippen molar-refractivity contribution >= 4 is 49.8 Å². The fourth-order valence-electron chi connectivity index (χ4n) is 19.1. The van der Waals surface area contributed by atoms with Crippen molar-refractivity contribution in [2.75, 3.05) is 32.7 Å². The molecule has 0 bridgehead atoms. The van der Waals surface area contributed by atoms with Gasteiger partial charge in [0, 0.05) is 113 Å². The maximum atomic E-state index is 6.01. The number of nitrogens with zero attached hydrogens (tertiary/aromatic N) is 11. The lowest BCUT2D eigenvalue weighted by Crippen LogP contribution is -2.52. The maximum Gasteiger partial charge on any atom is 0.183 e. The predicted molar refractivity (Wildman–Crippen MR) is 315 cm³/mol. The Labute approximate surface area is 467 Å². The molecule has 12 heteroatoms. The van der Waals surface area contributed by atoms with Crippen molar-refractivity contribution in [3.63, 3.8) is 0 Å². The summed E-state index contributed by atoms with van der Waals surface area (Å²) in [5.41, 5.74) is 20.7. The van der Waals surface area contributed by atoms with Crippen molar-refractivity contribution < 1.29 is 4.52 Å². The molecule has 404 valence electrons. The lowest BCUT2D eigenvalue weighted by atomic mass is 9.64. The van der Waals surface area contributed by atoms with Crippen molar-refractivity contribution in [3.05, 3.63) is 178 Å². The van der Waals surface area contributed by atoms with Crippen LogP contribution < -0.4 is 0 Å². The quantitative estimate of drug-likeness (QED) is 0.142. The molecule has 6 aromatic heterocycles. The Morgan fingerprint density at radius 3 is 2.06 bits per heavy atom. The summed E-state index contributed by atoms with van der Waals surface area (Å²) >= 11 is 0. The Morgan fingerprint density at radius 1 is 0.613 bits per heavy atom. The second kappa shape index (κ2) is 16.6. The van der Waals surface area contributed by atoms with Gasteiger partial charge in [-0.15, -0.1) is 0 Å². The van der Waals surface area contributed by atoms with E-state index < -0.39 is 0 Å². The summed E-state index contributed by atoms with van der Waals surface area (Å²) in [7, 11) is 2.10. The van der Waals surface area contributed by atoms with Crippen molar-refractivity contribution in [1.29, 1.82) is 0 Å². The number of hydrogen-bond donors (Lipinski definition) is 0. The maximum absolute atomic E-state index is 6.01. The minimum Gasteiger partial charge on any atom is -0.355 e. The Morgan fingerprint density at radius 2 is 1.29 bits per heavy atom. The van der Waals surface area contributed by atoms with Crippen LogP contribution in [0.25, 0.3) is 49.8 Å². The van der Waals surface area contributed by atoms with Crippen LogP contribution in [0.5, 0.6) is 0 Å². The van der Waals surface area contributed by atoms with E-state index in [2.05, 4.69) is 174 Å². The molecule has 3 saturated heterocycles. The molecule has 9 aliphatic heterocycles. The molecule has 15 heterocycles. The van der Waals surface area contributed by atoms with E-state index in [1.165, 1.54) is 110 Å². The monoisotopic (exact) mass is 1060 g/mol. The second-order valence-corrected chi connectivity index (χ2v) is 25.8. The summed E-state index contributed by atoms with van der Waals surface area (Å²) in [5.74, 6) is 1.13. The van der Waals surface area contributed by atoms with Crippen LogP contribution in [0, 0.1) is 16.2 Å². The lowest BCUT2D eigenvalue weighted by Gasteiger charge is -2.56. The van der Waals surface area contributed by atoms with E-state index in [0.717, 1.165) is 94.8 Å². The number of aromatic nitrogens is 8. The molecule has 0 N–H and O–H groups in total. The van der Waals surface area contributed by atoms with Gasteiger partial charge in [-0.2, -0.15) is 10.2 Å². The molecule has 80 heavy (non-hydrogen) atoms. The van der Waals surface area contributed by atoms with E-state index in [0.29, 0.717) is 18.1 Å². The van der Waals surface area contributed by atoms with Crippen LogP contribution in [-0.2, 0) is 26.4 Å². The zero-order valence-electron chi connectivity index (χ0n) is 46.8. The summed E-state index contributed by atoms with van der Waals surface area (Å²) in [6.45, 7) is 13.7. The number of para-hydroxylation sites is 2. The second-order valence-electron chi connectivity index (χ2n) is 25.8. The van der Waals surface area contributed by atoms with Gasteiger partial charge in [0.15, 0.2) is 5.76 Å². The van der Waals surface area contributed by atoms with Crippen LogP contribution >= 0.6 is 0 Å². The molecular weight excluding hydrogens is 987 g/mol. The van der Waals surface area contributed by atoms with Crippen LogP contribution in [0.2, 0.25) is 0 Å². The fraction of sp³-hybridized carbons (Fsp3) is 0.426. The SMILES string of the molecule is CC[C@@]12C=C(c3ccn(CC4CN5CCC[C@@]6(CC)C=C(c7ccnn7C)n7c(c4c4ccccc47)[C@@H]56)n3)n3c4c(c5ccc(C6CC[C@@]7(CC)C=C(c8ccno8)n8c9c(c%10ccccc%108)CCN6[C@H]97)cc53)CCN(CCC1)[C@H]42. The van der Waals surface area contributed by atoms with E-state index in [4.69, 9.17) is 14.7 Å². The van der Waals surface area contributed by atoms with Crippen molar-refractivity contribution in [2.45, 2.75) is 128 Å². The molecule has 0 aliphatic carbocycles. The van der Waals surface area contributed by atoms with Gasteiger partial charge in [-0.25, -0.2) is 0 Å². The summed E-state index contributed by atoms with van der Waals surface area (Å²) in [5, 5.41) is 18.9. The Kier molecular flexibility index (Phi) is 9.68. The summed E-state index contributed by atoms with van der Waals surface area (Å²) in [4.78, 5) is 8.66. The first-order chi connectivity index (χ1) is 39.3. The zero-order valence-corrected chi connectivity index (χ0v) is 46.8. The molecule has 8 atom stereocenters. The van der Waals surface area contributed by atoms with Crippen LogP contribution in [0.3, 0.4) is 0 Å². The van der Waals surface area contributed by atoms with E-state index in [-0.39, 0.29) is 28.2 Å². The molecule has 2 unspecified atom stereocenters. The molecule has 9 aliphatic rings. The van der Waals surface area contributed by atoms with Crippen molar-refractivity contribution in [1.82, 2.24) is 53.1 Å². The highest BCUT2D eigenvalue weighted by molar-refractivity contribution is 5.95. The highest BCUT2D eigenvalue weighted by Crippen LogP contribution is 2.64. The van der Waals surface area contributed by atoms with E-state index in [1.807, 2.05) is 12.3 Å². The standard InChI is InChI=1S/C68H71N11O/c1-5-66-26-12-31-73-33-23-46-45-19-18-42(50-20-28-68(7-3)39-57(58-22-30-70-80-58)78-51-16-10-8-14-44(51)47-24-35-76(50)65(68)61(47)78)36-54(45)79(60(46)63(66)73)55(37-66)49-25-34-75(71-49)41-43-40-74-32-13-27-67(6-2)38-56(53-21-29-69-72(53)4)77-52-17-11-9-15-48(52)59(43)62(77)64(67)74/h8-11,14-19,21-22,25,29-30,34,36-39,43,50,63-65H,5-7,12-13,20,23-24,26-28,31-33,35,40-41H2,1-4H3/t43?,50?,63-,64-,65-,66+,67+,68+/m1/s1. The van der Waals surface area contributed by atoms with Gasteiger partial charge in [0.2, 0.25) is 0 Å². The predicted octanol–water partition coefficient (Wildman–Crippen LogP) is 13.4. The number of rotatable bonds is 9. The first-order valence-electron chi connectivity index (χ1n) is 30.6. The van der Waals surface area contributed by atoms with Crippen LogP contribution in [-0.4, -0.2) is 85.8 Å². The first-order valence-corrected chi connectivity index (χ1v) is 30.6. The van der Waals surface area contributed by atoms with Crippen LogP contribution in [0.15, 0.2) is 126 Å². The zero-order chi connectivity index (χ0) is 53.0. The lowest BCUT2D eigenvalue weighted by molar-refractivity contribution is -0.0171. The van der Waals surface area contributed by atoms with E-state index >= 15 is 0 Å². The summed E-state index contributed by atoms with van der Waals surface area (Å²) in [6.07, 6.45) is 26.6. The summed E-state index contributed by atoms with van der Waals surface area (Å²) in [6, 6.07) is 34.0. The highest BCUT2D eigenvalue weighted by Gasteiger charge is 2.56. The summed E-state index contributed by atoms with van der Waals surface area (Å²) < 4.78 is 18.4. The van der Waals surface area contributed by atoms with Crippen molar-refractivity contribution in [3.8, 4) is 0 Å². The van der Waals surface area contributed by atoms with Gasteiger partial charge >= 0.3 is 0 Å². The average molecular weight is 1060 g/mol. The molecule has 0 spiro atoms. The third kappa shape index (κ3) is 5.94. The van der Waals surface area contributed by atoms with E-state index in [9.17, 15) is 0 Å². The van der Waals surface area contributed by atoms with Crippen LogP contribution in [0.4, 0.5) is 0 Å². The Balaban J connectivity index is 0.759. The largest absolute Gasteiger partial charge is 0.355 e. The molecular formula is C68H71N11O. The molecule has 12 nitrogen and oxygen atoms in total. The highest BCUT2D eigenvalue weighted by atomic mass is 16.5. The number of hydrogen-bond acceptors (Lipinski definition) is 7. The Bertz CT molecular complexity index is 4170. The topological polar surface area (TPSA) is 86.2 Å². The van der Waals surface area contributed by atoms with Gasteiger partial charge < -0.3 is 18.2 Å². The number of fused-ring (bicyclic) bond motifs is 9. The van der Waals surface area contributed by atoms with Gasteiger partial charge in [0.25, 0.3) is 0 Å². The number of benzene rings is 3. The molecule has 3 aromatic carbocycles. The van der Waals surface area contributed by atoms with Gasteiger partial charge in [-0.1, -0.05) is 74.5 Å². The number of aryl methyl sites for hydroxylation is 1. The molecule has 0 amide bonds. The number of piperidine rings is 3. The average Bonchev–Trinajstić information content (AvgIpc) is 3.31. The third-order valence-corrected chi connectivity index (χ3v) is 22.6. The minimum atomic E-state index is -0.0217. The smallest absolute Gasteiger partial charge is 0.183 e.